The fourth-order valence-electron chi connectivity index (χ4n) is 2.75. The molecule has 0 unspecified atom stereocenters. The molecule has 1 aromatic carbocycles. The SMILES string of the molecule is CC(C)c1ccc2c3c1[C@@H](CN)OB3OCCO2. The molecule has 0 saturated carbocycles. The predicted molar refractivity (Wildman–Crippen MR) is 70.2 cm³/mol. The van der Waals surface area contributed by atoms with E-state index in [4.69, 9.17) is 19.8 Å². The number of hydrogen-bond donors (Lipinski definition) is 1. The van der Waals surface area contributed by atoms with Crippen molar-refractivity contribution in [2.45, 2.75) is 25.9 Å². The number of nitrogens with two attached hydrogens (primary N) is 1. The summed E-state index contributed by atoms with van der Waals surface area (Å²) in [4.78, 5) is 0. The molecule has 0 aliphatic carbocycles. The maximum Gasteiger partial charge on any atom is 0.498 e. The van der Waals surface area contributed by atoms with Crippen LogP contribution in [0.2, 0.25) is 0 Å². The molecule has 1 aromatic rings. The van der Waals surface area contributed by atoms with Crippen LogP contribution in [0.5, 0.6) is 5.75 Å². The van der Waals surface area contributed by atoms with Gasteiger partial charge in [-0.15, -0.1) is 0 Å². The van der Waals surface area contributed by atoms with E-state index in [1.54, 1.807) is 0 Å². The second kappa shape index (κ2) is 4.57. The zero-order chi connectivity index (χ0) is 12.7. The second-order valence-electron chi connectivity index (χ2n) is 5.05. The van der Waals surface area contributed by atoms with Gasteiger partial charge in [0.05, 0.1) is 12.7 Å². The summed E-state index contributed by atoms with van der Waals surface area (Å²) in [6, 6.07) is 4.15. The van der Waals surface area contributed by atoms with E-state index >= 15 is 0 Å². The lowest BCUT2D eigenvalue weighted by molar-refractivity contribution is 0.147. The Morgan fingerprint density at radius 2 is 2.22 bits per heavy atom. The van der Waals surface area contributed by atoms with Crippen molar-refractivity contribution in [1.82, 2.24) is 0 Å². The van der Waals surface area contributed by atoms with Crippen LogP contribution in [-0.2, 0) is 9.31 Å². The van der Waals surface area contributed by atoms with E-state index < -0.39 is 0 Å². The van der Waals surface area contributed by atoms with E-state index in [0.29, 0.717) is 25.7 Å². The molecule has 0 amide bonds. The summed E-state index contributed by atoms with van der Waals surface area (Å²) in [6.45, 7) is 5.94. The van der Waals surface area contributed by atoms with Gasteiger partial charge >= 0.3 is 7.12 Å². The van der Waals surface area contributed by atoms with Gasteiger partial charge in [-0.2, -0.15) is 0 Å². The Hall–Kier alpha value is -1.04. The summed E-state index contributed by atoms with van der Waals surface area (Å²) in [6.07, 6.45) is -0.0796. The van der Waals surface area contributed by atoms with Gasteiger partial charge in [0.1, 0.15) is 12.4 Å². The molecule has 0 bridgehead atoms. The molecule has 0 aromatic heterocycles. The molecule has 2 N–H and O–H groups in total. The second-order valence-corrected chi connectivity index (χ2v) is 5.05. The quantitative estimate of drug-likeness (QED) is 0.790. The maximum absolute atomic E-state index is 5.91. The Morgan fingerprint density at radius 1 is 1.39 bits per heavy atom. The minimum absolute atomic E-state index is 0.0796. The smallest absolute Gasteiger partial charge is 0.492 e. The zero-order valence-corrected chi connectivity index (χ0v) is 10.8. The zero-order valence-electron chi connectivity index (χ0n) is 10.8. The molecule has 0 saturated heterocycles. The van der Waals surface area contributed by atoms with Crippen molar-refractivity contribution < 1.29 is 14.0 Å². The summed E-state index contributed by atoms with van der Waals surface area (Å²) in [7, 11) is -0.315. The first-order chi connectivity index (χ1) is 8.72. The molecule has 1 atom stereocenters. The van der Waals surface area contributed by atoms with Crippen LogP contribution < -0.4 is 15.9 Å². The van der Waals surface area contributed by atoms with Crippen LogP contribution in [-0.4, -0.2) is 26.9 Å². The summed E-state index contributed by atoms with van der Waals surface area (Å²) < 4.78 is 17.3. The first-order valence-electron chi connectivity index (χ1n) is 6.49. The van der Waals surface area contributed by atoms with Gasteiger partial charge in [-0.3, -0.25) is 0 Å². The Kier molecular flexibility index (Phi) is 3.05. The number of hydrogen-bond acceptors (Lipinski definition) is 4. The van der Waals surface area contributed by atoms with E-state index in [1.165, 1.54) is 11.1 Å². The van der Waals surface area contributed by atoms with E-state index in [2.05, 4.69) is 19.9 Å². The Morgan fingerprint density at radius 3 is 2.94 bits per heavy atom. The summed E-state index contributed by atoms with van der Waals surface area (Å²) in [5.41, 5.74) is 9.33. The van der Waals surface area contributed by atoms with Crippen molar-refractivity contribution in [3.63, 3.8) is 0 Å². The molecule has 2 heterocycles. The minimum atomic E-state index is -0.315. The summed E-state index contributed by atoms with van der Waals surface area (Å²) >= 11 is 0. The highest BCUT2D eigenvalue weighted by molar-refractivity contribution is 6.64. The van der Waals surface area contributed by atoms with Crippen LogP contribution in [0.1, 0.15) is 37.0 Å². The normalized spacial score (nSPS) is 21.8. The highest BCUT2D eigenvalue weighted by Crippen LogP contribution is 2.35. The van der Waals surface area contributed by atoms with Crippen LogP contribution in [0, 0.1) is 0 Å². The predicted octanol–water partition coefficient (Wildman–Crippen LogP) is 0.944. The third-order valence-corrected chi connectivity index (χ3v) is 3.57. The van der Waals surface area contributed by atoms with Gasteiger partial charge < -0.3 is 19.8 Å². The summed E-state index contributed by atoms with van der Waals surface area (Å²) in [5.74, 6) is 1.32. The van der Waals surface area contributed by atoms with E-state index in [1.807, 2.05) is 6.07 Å². The standard InChI is InChI=1S/C13H18BNO3/c1-8(2)9-3-4-10-13-12(9)11(7-15)18-14(13)17-6-5-16-10/h3-4,8,11H,5-7,15H2,1-2H3/t11-/m1/s1. The number of ether oxygens (including phenoxy) is 1. The molecule has 2 aliphatic heterocycles. The fourth-order valence-corrected chi connectivity index (χ4v) is 2.75. The van der Waals surface area contributed by atoms with Crippen LogP contribution in [0.25, 0.3) is 0 Å². The maximum atomic E-state index is 5.91. The highest BCUT2D eigenvalue weighted by Gasteiger charge is 2.42. The first kappa shape index (κ1) is 12.0. The molecule has 18 heavy (non-hydrogen) atoms. The molecule has 5 heteroatoms. The van der Waals surface area contributed by atoms with Crippen LogP contribution in [0.3, 0.4) is 0 Å². The Labute approximate surface area is 108 Å². The first-order valence-corrected chi connectivity index (χ1v) is 6.49. The third-order valence-electron chi connectivity index (χ3n) is 3.57. The van der Waals surface area contributed by atoms with E-state index in [0.717, 1.165) is 11.2 Å². The lowest BCUT2D eigenvalue weighted by Crippen LogP contribution is -2.32. The van der Waals surface area contributed by atoms with Gasteiger partial charge in [0.2, 0.25) is 0 Å². The van der Waals surface area contributed by atoms with Gasteiger partial charge in [0.25, 0.3) is 0 Å². The molecule has 96 valence electrons. The third kappa shape index (κ3) is 1.74. The average Bonchev–Trinajstić information content (AvgIpc) is 2.60. The topological polar surface area (TPSA) is 53.7 Å². The van der Waals surface area contributed by atoms with Crippen LogP contribution >= 0.6 is 0 Å². The van der Waals surface area contributed by atoms with Crippen molar-refractivity contribution in [1.29, 1.82) is 0 Å². The lowest BCUT2D eigenvalue weighted by atomic mass is 9.75. The molecule has 0 fully saturated rings. The molecule has 2 aliphatic rings. The molecule has 3 rings (SSSR count). The van der Waals surface area contributed by atoms with Crippen LogP contribution in [0.15, 0.2) is 12.1 Å². The molecule has 0 spiro atoms. The van der Waals surface area contributed by atoms with Crippen molar-refractivity contribution >= 4 is 12.6 Å². The fraction of sp³-hybridized carbons (Fsp3) is 0.538. The van der Waals surface area contributed by atoms with Crippen molar-refractivity contribution in [3.8, 4) is 5.75 Å². The average molecular weight is 247 g/mol. The molecule has 4 nitrogen and oxygen atoms in total. The minimum Gasteiger partial charge on any atom is -0.492 e. The Bertz CT molecular complexity index is 464. The molecular formula is C13H18BNO3. The van der Waals surface area contributed by atoms with Crippen molar-refractivity contribution in [2.24, 2.45) is 5.73 Å². The molecular weight excluding hydrogens is 229 g/mol. The van der Waals surface area contributed by atoms with Crippen molar-refractivity contribution in [3.05, 3.63) is 23.3 Å². The largest absolute Gasteiger partial charge is 0.498 e. The van der Waals surface area contributed by atoms with Gasteiger partial charge in [-0.05, 0) is 23.1 Å². The Balaban J connectivity index is 2.18. The monoisotopic (exact) mass is 247 g/mol. The van der Waals surface area contributed by atoms with Crippen LogP contribution in [0.4, 0.5) is 0 Å². The number of rotatable bonds is 2. The lowest BCUT2D eigenvalue weighted by Gasteiger charge is -2.18. The van der Waals surface area contributed by atoms with Crippen molar-refractivity contribution in [2.75, 3.05) is 19.8 Å². The van der Waals surface area contributed by atoms with Gasteiger partial charge in [-0.25, -0.2) is 0 Å². The van der Waals surface area contributed by atoms with Gasteiger partial charge in [0.15, 0.2) is 0 Å². The van der Waals surface area contributed by atoms with E-state index in [9.17, 15) is 0 Å². The van der Waals surface area contributed by atoms with E-state index in [-0.39, 0.29) is 13.2 Å². The van der Waals surface area contributed by atoms with Gasteiger partial charge in [-0.1, -0.05) is 19.9 Å². The molecule has 0 radical (unpaired) electrons. The summed E-state index contributed by atoms with van der Waals surface area (Å²) in [5, 5.41) is 0. The highest BCUT2D eigenvalue weighted by atomic mass is 16.6. The number of benzene rings is 1. The van der Waals surface area contributed by atoms with Gasteiger partial charge in [0, 0.05) is 12.0 Å².